The molecule has 5 heteroatoms. The van der Waals surface area contributed by atoms with Gasteiger partial charge in [0.2, 0.25) is 0 Å². The maximum absolute atomic E-state index is 12.0. The summed E-state index contributed by atoms with van der Waals surface area (Å²) in [6.07, 6.45) is 19.7. The van der Waals surface area contributed by atoms with Gasteiger partial charge >= 0.3 is 11.9 Å². The molecule has 0 radical (unpaired) electrons. The first kappa shape index (κ1) is 24.6. The van der Waals surface area contributed by atoms with Gasteiger partial charge in [0.1, 0.15) is 0 Å². The molecule has 150 valence electrons. The minimum Gasteiger partial charge on any atom is -0.478 e. The van der Waals surface area contributed by atoms with Gasteiger partial charge in [-0.2, -0.15) is 0 Å². The molecule has 27 heavy (non-hydrogen) atoms. The molecule has 0 saturated carbocycles. The molecule has 0 heterocycles. The number of unbranched alkanes of at least 4 members (excludes halogenated alkanes) is 4. The molecular formula is C22H32O5. The predicted molar refractivity (Wildman–Crippen MR) is 108 cm³/mol. The Morgan fingerprint density at radius 2 is 1.81 bits per heavy atom. The van der Waals surface area contributed by atoms with E-state index in [-0.39, 0.29) is 18.6 Å². The van der Waals surface area contributed by atoms with Crippen LogP contribution in [-0.2, 0) is 19.1 Å². The second kappa shape index (κ2) is 18.4. The number of esters is 1. The highest BCUT2D eigenvalue weighted by Crippen LogP contribution is 2.06. The van der Waals surface area contributed by atoms with Gasteiger partial charge in [-0.25, -0.2) is 9.59 Å². The van der Waals surface area contributed by atoms with E-state index in [0.717, 1.165) is 44.6 Å². The fourth-order valence-electron chi connectivity index (χ4n) is 2.00. The first-order valence-electron chi connectivity index (χ1n) is 9.41. The van der Waals surface area contributed by atoms with E-state index in [1.165, 1.54) is 6.26 Å². The van der Waals surface area contributed by atoms with Crippen LogP contribution >= 0.6 is 0 Å². The van der Waals surface area contributed by atoms with E-state index in [1.807, 2.05) is 24.3 Å². The lowest BCUT2D eigenvalue weighted by atomic mass is 10.2. The molecular weight excluding hydrogens is 344 g/mol. The smallest absolute Gasteiger partial charge is 0.339 e. The summed E-state index contributed by atoms with van der Waals surface area (Å²) in [5, 5.41) is 8.90. The Morgan fingerprint density at radius 3 is 2.52 bits per heavy atom. The van der Waals surface area contributed by atoms with Gasteiger partial charge in [-0.05, 0) is 31.8 Å². The Balaban J connectivity index is 4.21. The van der Waals surface area contributed by atoms with Crippen LogP contribution in [0.15, 0.2) is 60.9 Å². The Labute approximate surface area is 162 Å². The molecule has 0 atom stereocenters. The second-order valence-corrected chi connectivity index (χ2v) is 5.83. The van der Waals surface area contributed by atoms with Gasteiger partial charge in [0.15, 0.2) is 0 Å². The number of carbonyl (C=O) groups is 2. The van der Waals surface area contributed by atoms with Gasteiger partial charge in [0, 0.05) is 18.1 Å². The minimum atomic E-state index is -1.19. The fraction of sp³-hybridized carbons (Fsp3) is 0.455. The number of hydrogen-bond acceptors (Lipinski definition) is 4. The molecule has 0 bridgehead atoms. The highest BCUT2D eigenvalue weighted by Gasteiger charge is 2.12. The number of hydrogen-bond donors (Lipinski definition) is 1. The fourth-order valence-corrected chi connectivity index (χ4v) is 2.00. The predicted octanol–water partition coefficient (Wildman–Crippen LogP) is 5.12. The molecule has 0 aromatic rings. The zero-order chi connectivity index (χ0) is 20.2. The van der Waals surface area contributed by atoms with E-state index in [0.29, 0.717) is 6.61 Å². The van der Waals surface area contributed by atoms with Gasteiger partial charge in [-0.15, -0.1) is 6.58 Å². The van der Waals surface area contributed by atoms with E-state index < -0.39 is 11.9 Å². The molecule has 0 aliphatic rings. The number of ether oxygens (including phenoxy) is 2. The van der Waals surface area contributed by atoms with Crippen LogP contribution in [0, 0.1) is 0 Å². The summed E-state index contributed by atoms with van der Waals surface area (Å²) in [5.41, 5.74) is 0.0667. The van der Waals surface area contributed by atoms with Crippen molar-refractivity contribution in [2.75, 3.05) is 13.2 Å². The average molecular weight is 376 g/mol. The molecule has 0 aliphatic heterocycles. The molecule has 0 aromatic carbocycles. The van der Waals surface area contributed by atoms with Crippen molar-refractivity contribution < 1.29 is 24.2 Å². The van der Waals surface area contributed by atoms with Crippen LogP contribution in [0.4, 0.5) is 0 Å². The summed E-state index contributed by atoms with van der Waals surface area (Å²) in [4.78, 5) is 22.9. The van der Waals surface area contributed by atoms with E-state index in [4.69, 9.17) is 14.6 Å². The third-order valence-corrected chi connectivity index (χ3v) is 3.46. The lowest BCUT2D eigenvalue weighted by Crippen LogP contribution is -2.09. The molecule has 5 nitrogen and oxygen atoms in total. The largest absolute Gasteiger partial charge is 0.478 e. The number of carboxylic acid groups (broad SMARTS) is 1. The highest BCUT2D eigenvalue weighted by molar-refractivity contribution is 5.95. The summed E-state index contributed by atoms with van der Waals surface area (Å²) < 4.78 is 10.4. The van der Waals surface area contributed by atoms with Crippen molar-refractivity contribution in [2.45, 2.75) is 51.9 Å². The third-order valence-electron chi connectivity index (χ3n) is 3.46. The van der Waals surface area contributed by atoms with Crippen LogP contribution in [0.1, 0.15) is 51.9 Å². The normalized spacial score (nSPS) is 12.3. The summed E-state index contributed by atoms with van der Waals surface area (Å²) in [5.74, 6) is -1.87. The molecule has 0 fully saturated rings. The molecule has 0 rings (SSSR count). The summed E-state index contributed by atoms with van der Waals surface area (Å²) in [6, 6.07) is 0. The van der Waals surface area contributed by atoms with Crippen molar-refractivity contribution in [3.05, 3.63) is 60.9 Å². The maximum atomic E-state index is 12.0. The van der Waals surface area contributed by atoms with Crippen LogP contribution in [0.25, 0.3) is 0 Å². The number of rotatable bonds is 16. The molecule has 0 amide bonds. The topological polar surface area (TPSA) is 72.8 Å². The molecule has 0 unspecified atom stereocenters. The van der Waals surface area contributed by atoms with E-state index in [1.54, 1.807) is 12.2 Å². The van der Waals surface area contributed by atoms with Crippen molar-refractivity contribution in [2.24, 2.45) is 0 Å². The van der Waals surface area contributed by atoms with Crippen LogP contribution in [0.5, 0.6) is 0 Å². The Bertz CT molecular complexity index is 541. The average Bonchev–Trinajstić information content (AvgIpc) is 2.64. The van der Waals surface area contributed by atoms with Gasteiger partial charge < -0.3 is 14.6 Å². The molecule has 1 N–H and O–H groups in total. The number of allylic oxidation sites excluding steroid dienone is 5. The number of carboxylic acids is 1. The molecule has 0 aromatic heterocycles. The monoisotopic (exact) mass is 376 g/mol. The van der Waals surface area contributed by atoms with Crippen molar-refractivity contribution in [1.29, 1.82) is 0 Å². The van der Waals surface area contributed by atoms with Crippen LogP contribution in [0.3, 0.4) is 0 Å². The van der Waals surface area contributed by atoms with Crippen LogP contribution in [0.2, 0.25) is 0 Å². The Hall–Kier alpha value is -2.40. The number of carbonyl (C=O) groups excluding carboxylic acids is 1. The second-order valence-electron chi connectivity index (χ2n) is 5.83. The van der Waals surface area contributed by atoms with Gasteiger partial charge in [-0.1, -0.05) is 50.1 Å². The van der Waals surface area contributed by atoms with Crippen molar-refractivity contribution >= 4 is 11.9 Å². The standard InChI is InChI=1S/C22H32O5/c1-3-5-7-9-11-13-16-26-18-15-20(19-21(23)24)22(25)27-17-14-12-10-8-6-4-2/h3,10-14,17,19H,1,4-9,15-16,18H2,2H3,(H,23,24). The lowest BCUT2D eigenvalue weighted by Gasteiger charge is -2.05. The lowest BCUT2D eigenvalue weighted by molar-refractivity contribution is -0.135. The van der Waals surface area contributed by atoms with Crippen LogP contribution in [-0.4, -0.2) is 30.3 Å². The van der Waals surface area contributed by atoms with E-state index in [2.05, 4.69) is 13.5 Å². The van der Waals surface area contributed by atoms with Crippen molar-refractivity contribution in [3.63, 3.8) is 0 Å². The summed E-state index contributed by atoms with van der Waals surface area (Å²) >= 11 is 0. The first-order chi connectivity index (χ1) is 13.1. The van der Waals surface area contributed by atoms with Gasteiger partial charge in [0.05, 0.1) is 19.5 Å². The van der Waals surface area contributed by atoms with E-state index >= 15 is 0 Å². The van der Waals surface area contributed by atoms with Crippen molar-refractivity contribution in [1.82, 2.24) is 0 Å². The molecule has 0 aliphatic carbocycles. The van der Waals surface area contributed by atoms with Crippen LogP contribution < -0.4 is 0 Å². The maximum Gasteiger partial charge on any atom is 0.339 e. The van der Waals surface area contributed by atoms with Gasteiger partial charge in [-0.3, -0.25) is 0 Å². The summed E-state index contributed by atoms with van der Waals surface area (Å²) in [6.45, 7) is 6.45. The Kier molecular flexibility index (Phi) is 16.8. The molecule has 0 spiro atoms. The zero-order valence-corrected chi connectivity index (χ0v) is 16.3. The third kappa shape index (κ3) is 16.8. The highest BCUT2D eigenvalue weighted by atomic mass is 16.5. The SMILES string of the molecule is C=CCCCC=CCOCCC(=CC(=O)O)C(=O)OC=CC=CCCCC. The number of aliphatic carboxylic acids is 1. The van der Waals surface area contributed by atoms with E-state index in [9.17, 15) is 9.59 Å². The van der Waals surface area contributed by atoms with Crippen molar-refractivity contribution in [3.8, 4) is 0 Å². The Morgan fingerprint density at radius 1 is 1.04 bits per heavy atom. The quantitative estimate of drug-likeness (QED) is 0.101. The zero-order valence-electron chi connectivity index (χ0n) is 16.3. The minimum absolute atomic E-state index is 0.0667. The molecule has 0 saturated heterocycles. The summed E-state index contributed by atoms with van der Waals surface area (Å²) in [7, 11) is 0. The van der Waals surface area contributed by atoms with Gasteiger partial charge in [0.25, 0.3) is 0 Å². The first-order valence-corrected chi connectivity index (χ1v) is 9.41.